The molecule has 1 aromatic heterocycles. The van der Waals surface area contributed by atoms with Crippen LogP contribution in [-0.2, 0) is 0 Å². The lowest BCUT2D eigenvalue weighted by molar-refractivity contribution is 0.226. The highest BCUT2D eigenvalue weighted by Crippen LogP contribution is 2.31. The fourth-order valence-electron chi connectivity index (χ4n) is 2.64. The van der Waals surface area contributed by atoms with Crippen molar-refractivity contribution in [2.45, 2.75) is 20.0 Å². The summed E-state index contributed by atoms with van der Waals surface area (Å²) < 4.78 is 8.21. The van der Waals surface area contributed by atoms with E-state index in [0.717, 1.165) is 22.6 Å². The molecule has 0 fully saturated rings. The van der Waals surface area contributed by atoms with Gasteiger partial charge in [0.2, 0.25) is 0 Å². The van der Waals surface area contributed by atoms with Gasteiger partial charge in [-0.15, -0.1) is 0 Å². The van der Waals surface area contributed by atoms with Crippen molar-refractivity contribution in [3.8, 4) is 5.75 Å². The average molecular weight is 339 g/mol. The average Bonchev–Trinajstić information content (AvgIpc) is 3.11. The fraction of sp³-hybridized carbons (Fsp3) is 0.150. The number of hydrogen-bond acceptors (Lipinski definition) is 2. The first-order valence-electron chi connectivity index (χ1n) is 7.85. The summed E-state index contributed by atoms with van der Waals surface area (Å²) in [5, 5.41) is 0.712. The Hall–Kier alpha value is -2.52. The standard InChI is InChI=1S/C20H19ClN2O/c1-3-19(23-12-11-22-14-23)18-9-4-5-10-20(18)24-15(2)16-7-6-8-17(21)13-16/h3-15H,1-2H3. The molecule has 122 valence electrons. The number of halogens is 1. The zero-order valence-corrected chi connectivity index (χ0v) is 14.4. The molecule has 0 saturated heterocycles. The zero-order chi connectivity index (χ0) is 16.9. The molecule has 0 radical (unpaired) electrons. The second-order valence-electron chi connectivity index (χ2n) is 5.46. The van der Waals surface area contributed by atoms with Gasteiger partial charge in [-0.1, -0.05) is 41.9 Å². The molecular formula is C20H19ClN2O. The molecule has 1 atom stereocenters. The predicted molar refractivity (Wildman–Crippen MR) is 98.2 cm³/mol. The van der Waals surface area contributed by atoms with Gasteiger partial charge in [-0.25, -0.2) is 4.98 Å². The van der Waals surface area contributed by atoms with Crippen molar-refractivity contribution in [3.63, 3.8) is 0 Å². The van der Waals surface area contributed by atoms with Crippen LogP contribution in [0.4, 0.5) is 0 Å². The Balaban J connectivity index is 1.92. The Bertz CT molecular complexity index is 840. The first-order chi connectivity index (χ1) is 11.7. The normalized spacial score (nSPS) is 12.9. The molecule has 0 aliphatic rings. The summed E-state index contributed by atoms with van der Waals surface area (Å²) in [4.78, 5) is 4.13. The van der Waals surface area contributed by atoms with E-state index in [0.29, 0.717) is 5.02 Å². The van der Waals surface area contributed by atoms with Crippen LogP contribution in [0.25, 0.3) is 5.70 Å². The van der Waals surface area contributed by atoms with Crippen LogP contribution < -0.4 is 4.74 Å². The maximum Gasteiger partial charge on any atom is 0.129 e. The SMILES string of the molecule is CC=C(c1ccccc1OC(C)c1cccc(Cl)c1)n1ccnc1. The minimum absolute atomic E-state index is 0.106. The zero-order valence-electron chi connectivity index (χ0n) is 13.7. The van der Waals surface area contributed by atoms with E-state index in [4.69, 9.17) is 16.3 Å². The van der Waals surface area contributed by atoms with E-state index in [1.807, 2.05) is 73.2 Å². The molecule has 2 aromatic carbocycles. The Morgan fingerprint density at radius 3 is 2.75 bits per heavy atom. The van der Waals surface area contributed by atoms with Gasteiger partial charge in [-0.3, -0.25) is 0 Å². The number of para-hydroxylation sites is 1. The van der Waals surface area contributed by atoms with Crippen LogP contribution in [-0.4, -0.2) is 9.55 Å². The van der Waals surface area contributed by atoms with E-state index in [-0.39, 0.29) is 6.10 Å². The van der Waals surface area contributed by atoms with E-state index >= 15 is 0 Å². The molecule has 0 bridgehead atoms. The van der Waals surface area contributed by atoms with Crippen molar-refractivity contribution >= 4 is 17.3 Å². The number of ether oxygens (including phenoxy) is 1. The smallest absolute Gasteiger partial charge is 0.129 e. The molecule has 24 heavy (non-hydrogen) atoms. The molecule has 0 N–H and O–H groups in total. The summed E-state index contributed by atoms with van der Waals surface area (Å²) in [5.41, 5.74) is 3.09. The molecule has 1 unspecified atom stereocenters. The number of aromatic nitrogens is 2. The van der Waals surface area contributed by atoms with Gasteiger partial charge < -0.3 is 9.30 Å². The second kappa shape index (κ2) is 7.37. The van der Waals surface area contributed by atoms with Gasteiger partial charge in [0.25, 0.3) is 0 Å². The fourth-order valence-corrected chi connectivity index (χ4v) is 2.84. The van der Waals surface area contributed by atoms with Crippen LogP contribution in [0.5, 0.6) is 5.75 Å². The Morgan fingerprint density at radius 2 is 2.04 bits per heavy atom. The highest BCUT2D eigenvalue weighted by Gasteiger charge is 2.14. The number of hydrogen-bond donors (Lipinski definition) is 0. The maximum absolute atomic E-state index is 6.23. The first-order valence-corrected chi connectivity index (χ1v) is 8.23. The molecule has 0 aliphatic heterocycles. The van der Waals surface area contributed by atoms with E-state index in [2.05, 4.69) is 11.1 Å². The van der Waals surface area contributed by atoms with Crippen molar-refractivity contribution in [2.24, 2.45) is 0 Å². The summed E-state index contributed by atoms with van der Waals surface area (Å²) in [6.45, 7) is 4.03. The molecule has 3 rings (SSSR count). The lowest BCUT2D eigenvalue weighted by Gasteiger charge is -2.19. The van der Waals surface area contributed by atoms with Crippen molar-refractivity contribution in [2.75, 3.05) is 0 Å². The lowest BCUT2D eigenvalue weighted by atomic mass is 10.1. The van der Waals surface area contributed by atoms with E-state index < -0.39 is 0 Å². The van der Waals surface area contributed by atoms with Crippen LogP contribution in [0, 0.1) is 0 Å². The topological polar surface area (TPSA) is 27.1 Å². The van der Waals surface area contributed by atoms with Crippen molar-refractivity contribution < 1.29 is 4.74 Å². The van der Waals surface area contributed by atoms with Crippen molar-refractivity contribution in [1.29, 1.82) is 0 Å². The quantitative estimate of drug-likeness (QED) is 0.606. The number of benzene rings is 2. The van der Waals surface area contributed by atoms with Crippen LogP contribution in [0.1, 0.15) is 31.1 Å². The van der Waals surface area contributed by atoms with Crippen LogP contribution in [0.15, 0.2) is 73.3 Å². The van der Waals surface area contributed by atoms with Crippen molar-refractivity contribution in [1.82, 2.24) is 9.55 Å². The maximum atomic E-state index is 6.23. The molecule has 0 amide bonds. The van der Waals surface area contributed by atoms with Gasteiger partial charge in [0, 0.05) is 23.0 Å². The van der Waals surface area contributed by atoms with Gasteiger partial charge >= 0.3 is 0 Å². The van der Waals surface area contributed by atoms with E-state index in [1.165, 1.54) is 0 Å². The minimum atomic E-state index is -0.106. The molecule has 3 aromatic rings. The van der Waals surface area contributed by atoms with E-state index in [1.54, 1.807) is 12.5 Å². The van der Waals surface area contributed by atoms with Gasteiger partial charge in [0.05, 0.1) is 12.0 Å². The number of imidazole rings is 1. The Morgan fingerprint density at radius 1 is 1.21 bits per heavy atom. The molecule has 3 nitrogen and oxygen atoms in total. The third-order valence-corrected chi connectivity index (χ3v) is 4.08. The lowest BCUT2D eigenvalue weighted by Crippen LogP contribution is -2.06. The monoisotopic (exact) mass is 338 g/mol. The van der Waals surface area contributed by atoms with Crippen LogP contribution >= 0.6 is 11.6 Å². The summed E-state index contributed by atoms with van der Waals surface area (Å²) >= 11 is 6.09. The van der Waals surface area contributed by atoms with Crippen molar-refractivity contribution in [3.05, 3.63) is 89.5 Å². The predicted octanol–water partition coefficient (Wildman–Crippen LogP) is 5.59. The van der Waals surface area contributed by atoms with E-state index in [9.17, 15) is 0 Å². The van der Waals surface area contributed by atoms with Crippen LogP contribution in [0.2, 0.25) is 5.02 Å². The summed E-state index contributed by atoms with van der Waals surface area (Å²) in [6, 6.07) is 15.8. The summed E-state index contributed by atoms with van der Waals surface area (Å²) in [6.07, 6.45) is 7.42. The number of nitrogens with zero attached hydrogens (tertiary/aromatic N) is 2. The van der Waals surface area contributed by atoms with Gasteiger partial charge in [0.15, 0.2) is 0 Å². The molecule has 4 heteroatoms. The van der Waals surface area contributed by atoms with Gasteiger partial charge in [0.1, 0.15) is 11.9 Å². The summed E-state index contributed by atoms with van der Waals surface area (Å²) in [5.74, 6) is 0.826. The van der Waals surface area contributed by atoms with Gasteiger partial charge in [-0.05, 0) is 43.7 Å². The first kappa shape index (κ1) is 16.3. The van der Waals surface area contributed by atoms with Crippen LogP contribution in [0.3, 0.4) is 0 Å². The molecule has 1 heterocycles. The largest absolute Gasteiger partial charge is 0.485 e. The molecule has 0 aliphatic carbocycles. The summed E-state index contributed by atoms with van der Waals surface area (Å²) in [7, 11) is 0. The number of rotatable bonds is 5. The Labute approximate surface area is 147 Å². The van der Waals surface area contributed by atoms with Gasteiger partial charge in [-0.2, -0.15) is 0 Å². The molecule has 0 spiro atoms. The third-order valence-electron chi connectivity index (χ3n) is 3.84. The minimum Gasteiger partial charge on any atom is -0.485 e. The highest BCUT2D eigenvalue weighted by atomic mass is 35.5. The molecule has 0 saturated carbocycles. The Kier molecular flexibility index (Phi) is 5.02. The third kappa shape index (κ3) is 3.52. The molecular weight excluding hydrogens is 320 g/mol. The second-order valence-corrected chi connectivity index (χ2v) is 5.89. The number of allylic oxidation sites excluding steroid dienone is 1. The highest BCUT2D eigenvalue weighted by molar-refractivity contribution is 6.30.